The molecular weight excluding hydrogens is 280 g/mol. The fourth-order valence-electron chi connectivity index (χ4n) is 1.47. The lowest BCUT2D eigenvalue weighted by Gasteiger charge is -2.12. The summed E-state index contributed by atoms with van der Waals surface area (Å²) in [5.74, 6) is -4.91. The molecule has 0 fully saturated rings. The molecule has 1 aromatic rings. The van der Waals surface area contributed by atoms with Crippen molar-refractivity contribution in [1.82, 2.24) is 0 Å². The van der Waals surface area contributed by atoms with E-state index in [4.69, 9.17) is 25.5 Å². The van der Waals surface area contributed by atoms with E-state index in [1.165, 1.54) is 24.3 Å². The van der Waals surface area contributed by atoms with E-state index >= 15 is 0 Å². The minimum atomic E-state index is -2.45. The van der Waals surface area contributed by atoms with E-state index in [0.29, 0.717) is 6.42 Å². The normalized spacial score (nSPS) is 10.5. The minimum absolute atomic E-state index is 0.0425. The summed E-state index contributed by atoms with van der Waals surface area (Å²) in [6.07, 6.45) is 2.63. The molecule has 0 atom stereocenters. The first kappa shape index (κ1) is 19.0. The lowest BCUT2D eigenvalue weighted by Crippen LogP contribution is -2.26. The zero-order valence-corrected chi connectivity index (χ0v) is 11.7. The second-order valence-electron chi connectivity index (χ2n) is 4.39. The highest BCUT2D eigenvalue weighted by atomic mass is 16.7. The third-order valence-electron chi connectivity index (χ3n) is 2.50. The molecule has 0 bridgehead atoms. The Morgan fingerprint density at radius 2 is 1.38 bits per heavy atom. The average Bonchev–Trinajstić information content (AvgIpc) is 2.38. The van der Waals surface area contributed by atoms with E-state index < -0.39 is 17.9 Å². The molecule has 0 aliphatic rings. The monoisotopic (exact) mass is 300 g/mol. The topological polar surface area (TPSA) is 135 Å². The second kappa shape index (κ2) is 9.06. The summed E-state index contributed by atoms with van der Waals surface area (Å²) in [7, 11) is 0. The van der Waals surface area contributed by atoms with Gasteiger partial charge in [0, 0.05) is 6.42 Å². The molecule has 0 radical (unpaired) electrons. The molecule has 118 valence electrons. The van der Waals surface area contributed by atoms with E-state index in [9.17, 15) is 9.59 Å². The van der Waals surface area contributed by atoms with Crippen LogP contribution in [-0.4, -0.2) is 43.4 Å². The molecule has 0 heterocycles. The van der Waals surface area contributed by atoms with Gasteiger partial charge in [-0.3, -0.25) is 0 Å². The SMILES string of the molecule is CCCCCC(O)(O)O.O=C(O)c1ccccc1C(=O)O. The number of hydrogen-bond acceptors (Lipinski definition) is 5. The Kier molecular flexibility index (Phi) is 8.22. The van der Waals surface area contributed by atoms with Crippen LogP contribution in [0.4, 0.5) is 0 Å². The van der Waals surface area contributed by atoms with Crippen molar-refractivity contribution in [2.75, 3.05) is 0 Å². The van der Waals surface area contributed by atoms with E-state index in [1.807, 2.05) is 6.92 Å². The lowest BCUT2D eigenvalue weighted by atomic mass is 10.1. The van der Waals surface area contributed by atoms with Gasteiger partial charge in [0.25, 0.3) is 5.97 Å². The molecule has 0 unspecified atom stereocenters. The quantitative estimate of drug-likeness (QED) is 0.394. The summed E-state index contributed by atoms with van der Waals surface area (Å²) < 4.78 is 0. The van der Waals surface area contributed by atoms with Crippen molar-refractivity contribution in [2.45, 2.75) is 38.6 Å². The fourth-order valence-corrected chi connectivity index (χ4v) is 1.47. The molecule has 5 N–H and O–H groups in total. The minimum Gasteiger partial charge on any atom is -0.478 e. The van der Waals surface area contributed by atoms with Crippen molar-refractivity contribution in [3.05, 3.63) is 35.4 Å². The first-order valence-corrected chi connectivity index (χ1v) is 6.41. The van der Waals surface area contributed by atoms with Gasteiger partial charge >= 0.3 is 11.9 Å². The van der Waals surface area contributed by atoms with Gasteiger partial charge < -0.3 is 25.5 Å². The molecule has 0 amide bonds. The highest BCUT2D eigenvalue weighted by Crippen LogP contribution is 2.08. The van der Waals surface area contributed by atoms with Gasteiger partial charge in [-0.25, -0.2) is 9.59 Å². The Labute approximate surface area is 122 Å². The molecule has 0 aliphatic carbocycles. The number of carbonyl (C=O) groups is 2. The Bertz CT molecular complexity index is 430. The smallest absolute Gasteiger partial charge is 0.336 e. The summed E-state index contributed by atoms with van der Waals surface area (Å²) in [6.45, 7) is 2.01. The summed E-state index contributed by atoms with van der Waals surface area (Å²) in [5.41, 5.74) is -0.380. The van der Waals surface area contributed by atoms with Crippen LogP contribution in [0.2, 0.25) is 0 Å². The molecule has 0 aliphatic heterocycles. The molecule has 7 nitrogen and oxygen atoms in total. The Morgan fingerprint density at radius 1 is 0.952 bits per heavy atom. The molecular formula is C14H20O7. The average molecular weight is 300 g/mol. The van der Waals surface area contributed by atoms with Gasteiger partial charge in [-0.2, -0.15) is 0 Å². The molecule has 1 aromatic carbocycles. The van der Waals surface area contributed by atoms with Gasteiger partial charge in [-0.15, -0.1) is 0 Å². The van der Waals surface area contributed by atoms with Crippen molar-refractivity contribution in [3.8, 4) is 0 Å². The first-order chi connectivity index (χ1) is 9.69. The molecule has 0 saturated carbocycles. The van der Waals surface area contributed by atoms with Crippen LogP contribution in [0.3, 0.4) is 0 Å². The highest BCUT2D eigenvalue weighted by molar-refractivity contribution is 6.01. The summed E-state index contributed by atoms with van der Waals surface area (Å²) in [5, 5.41) is 42.2. The van der Waals surface area contributed by atoms with Crippen LogP contribution in [-0.2, 0) is 0 Å². The number of hydrogen-bond donors (Lipinski definition) is 5. The number of carboxylic acid groups (broad SMARTS) is 2. The van der Waals surface area contributed by atoms with Crippen molar-refractivity contribution in [1.29, 1.82) is 0 Å². The fraction of sp³-hybridized carbons (Fsp3) is 0.429. The lowest BCUT2D eigenvalue weighted by molar-refractivity contribution is -0.315. The van der Waals surface area contributed by atoms with Crippen molar-refractivity contribution in [2.24, 2.45) is 0 Å². The number of aliphatic hydroxyl groups is 3. The summed E-state index contributed by atoms with van der Waals surface area (Å²) in [6, 6.07) is 5.48. The maximum absolute atomic E-state index is 10.5. The van der Waals surface area contributed by atoms with Gasteiger partial charge in [-0.05, 0) is 18.6 Å². The van der Waals surface area contributed by atoms with Gasteiger partial charge in [0.1, 0.15) is 0 Å². The van der Waals surface area contributed by atoms with Crippen molar-refractivity contribution >= 4 is 11.9 Å². The number of carboxylic acids is 2. The van der Waals surface area contributed by atoms with E-state index in [0.717, 1.165) is 12.8 Å². The number of unbranched alkanes of at least 4 members (excludes halogenated alkanes) is 2. The van der Waals surface area contributed by atoms with Crippen LogP contribution < -0.4 is 0 Å². The Morgan fingerprint density at radius 3 is 1.67 bits per heavy atom. The van der Waals surface area contributed by atoms with Crippen LogP contribution in [0.25, 0.3) is 0 Å². The second-order valence-corrected chi connectivity index (χ2v) is 4.39. The van der Waals surface area contributed by atoms with Crippen molar-refractivity contribution < 1.29 is 35.1 Å². The number of rotatable bonds is 6. The molecule has 7 heteroatoms. The van der Waals surface area contributed by atoms with Gasteiger partial charge in [0.05, 0.1) is 11.1 Å². The van der Waals surface area contributed by atoms with Crippen LogP contribution in [0.1, 0.15) is 53.3 Å². The molecule has 0 saturated heterocycles. The Balaban J connectivity index is 0.000000400. The van der Waals surface area contributed by atoms with Gasteiger partial charge in [0.2, 0.25) is 0 Å². The maximum atomic E-state index is 10.5. The third-order valence-corrected chi connectivity index (χ3v) is 2.50. The maximum Gasteiger partial charge on any atom is 0.336 e. The van der Waals surface area contributed by atoms with Crippen LogP contribution in [0.5, 0.6) is 0 Å². The predicted molar refractivity (Wildman–Crippen MR) is 73.9 cm³/mol. The van der Waals surface area contributed by atoms with Gasteiger partial charge in [-0.1, -0.05) is 31.9 Å². The Hall–Kier alpha value is -1.96. The van der Waals surface area contributed by atoms with E-state index in [1.54, 1.807) is 0 Å². The zero-order valence-electron chi connectivity index (χ0n) is 11.7. The molecule has 0 spiro atoms. The zero-order chi connectivity index (χ0) is 16.5. The van der Waals surface area contributed by atoms with Gasteiger partial charge in [0.15, 0.2) is 0 Å². The standard InChI is InChI=1S/C8H6O4.C6H14O3/c9-7(10)5-3-1-2-4-6(5)8(11)12;1-2-3-4-5-6(7,8)9/h1-4H,(H,9,10)(H,11,12);7-9H,2-5H2,1H3. The van der Waals surface area contributed by atoms with Crippen LogP contribution in [0, 0.1) is 0 Å². The molecule has 21 heavy (non-hydrogen) atoms. The largest absolute Gasteiger partial charge is 0.478 e. The van der Waals surface area contributed by atoms with E-state index in [2.05, 4.69) is 0 Å². The van der Waals surface area contributed by atoms with Crippen LogP contribution in [0.15, 0.2) is 24.3 Å². The highest BCUT2D eigenvalue weighted by Gasteiger charge is 2.16. The first-order valence-electron chi connectivity index (χ1n) is 6.41. The third kappa shape index (κ3) is 8.74. The molecule has 1 rings (SSSR count). The molecule has 0 aromatic heterocycles. The summed E-state index contributed by atoms with van der Waals surface area (Å²) in [4.78, 5) is 20.9. The number of benzene rings is 1. The number of aromatic carboxylic acids is 2. The summed E-state index contributed by atoms with van der Waals surface area (Å²) >= 11 is 0. The van der Waals surface area contributed by atoms with Crippen LogP contribution >= 0.6 is 0 Å². The predicted octanol–water partition coefficient (Wildman–Crippen LogP) is 1.28. The van der Waals surface area contributed by atoms with E-state index in [-0.39, 0.29) is 17.5 Å². The van der Waals surface area contributed by atoms with Crippen molar-refractivity contribution in [3.63, 3.8) is 0 Å².